The third kappa shape index (κ3) is 3.43. The van der Waals surface area contributed by atoms with E-state index in [0.717, 1.165) is 18.4 Å². The lowest BCUT2D eigenvalue weighted by molar-refractivity contribution is -0.284. The van der Waals surface area contributed by atoms with Crippen LogP contribution >= 0.6 is 11.9 Å². The van der Waals surface area contributed by atoms with Crippen LogP contribution in [-0.4, -0.2) is 11.4 Å². The summed E-state index contributed by atoms with van der Waals surface area (Å²) in [5.74, 6) is 0.552. The third-order valence-corrected chi connectivity index (χ3v) is 2.60. The molecule has 15 heavy (non-hydrogen) atoms. The first-order chi connectivity index (χ1) is 7.17. The topological polar surface area (TPSA) is 52.4 Å². The van der Waals surface area contributed by atoms with Crippen molar-refractivity contribution >= 4 is 11.9 Å². The van der Waals surface area contributed by atoms with Crippen molar-refractivity contribution in [3.8, 4) is 5.75 Å². The highest BCUT2D eigenvalue weighted by molar-refractivity contribution is 7.93. The van der Waals surface area contributed by atoms with Gasteiger partial charge in [-0.3, -0.25) is 10.1 Å². The van der Waals surface area contributed by atoms with Gasteiger partial charge in [-0.2, -0.15) is 0 Å². The van der Waals surface area contributed by atoms with Crippen LogP contribution in [0.1, 0.15) is 18.9 Å². The van der Waals surface area contributed by atoms with Crippen molar-refractivity contribution in [2.45, 2.75) is 24.7 Å². The molecule has 0 saturated heterocycles. The Morgan fingerprint density at radius 1 is 1.53 bits per heavy atom. The van der Waals surface area contributed by atoms with E-state index < -0.39 is 4.33 Å². The molecule has 0 heterocycles. The van der Waals surface area contributed by atoms with Crippen LogP contribution < -0.4 is 4.74 Å². The number of nitrogens with zero attached hydrogens (tertiary/aromatic N) is 1. The van der Waals surface area contributed by atoms with Crippen molar-refractivity contribution < 1.29 is 9.07 Å². The molecule has 0 aliphatic rings. The number of rotatable bonds is 5. The van der Waals surface area contributed by atoms with Gasteiger partial charge in [-0.25, -0.2) is 0 Å². The van der Waals surface area contributed by atoms with Gasteiger partial charge in [0.2, 0.25) is 0 Å². The summed E-state index contributed by atoms with van der Waals surface area (Å²) >= 11 is 0.587. The Morgan fingerprint density at radius 2 is 2.27 bits per heavy atom. The van der Waals surface area contributed by atoms with Gasteiger partial charge in [-0.05, 0) is 24.1 Å². The second-order valence-electron chi connectivity index (χ2n) is 3.05. The van der Waals surface area contributed by atoms with Crippen LogP contribution in [0, 0.1) is 10.1 Å². The monoisotopic (exact) mass is 227 g/mol. The summed E-state index contributed by atoms with van der Waals surface area (Å²) < 4.78 is 4.63. The number of aryl methyl sites for hydroxylation is 1. The fraction of sp³-hybridized carbons (Fsp3) is 0.400. The third-order valence-electron chi connectivity index (χ3n) is 1.94. The standard InChI is InChI=1S/C10H13NO3S/c1-3-4-8-5-6-9(14-2)10(7-8)15-11(12)13/h5-7H,3-4H2,1-2H3. The molecule has 5 heteroatoms. The van der Waals surface area contributed by atoms with Crippen molar-refractivity contribution in [1.82, 2.24) is 0 Å². The van der Waals surface area contributed by atoms with E-state index in [-0.39, 0.29) is 0 Å². The predicted octanol–water partition coefficient (Wildman–Crippen LogP) is 2.93. The summed E-state index contributed by atoms with van der Waals surface area (Å²) in [5, 5.41) is 10.4. The van der Waals surface area contributed by atoms with E-state index >= 15 is 0 Å². The number of nitro groups is 1. The Hall–Kier alpha value is -1.23. The second-order valence-corrected chi connectivity index (χ2v) is 3.97. The smallest absolute Gasteiger partial charge is 0.269 e. The summed E-state index contributed by atoms with van der Waals surface area (Å²) in [7, 11) is 1.51. The van der Waals surface area contributed by atoms with Gasteiger partial charge in [0, 0.05) is 0 Å². The van der Waals surface area contributed by atoms with Gasteiger partial charge in [0.05, 0.1) is 7.11 Å². The molecule has 0 atom stereocenters. The summed E-state index contributed by atoms with van der Waals surface area (Å²) in [4.78, 5) is 11.0. The molecule has 4 nitrogen and oxygen atoms in total. The lowest BCUT2D eigenvalue weighted by atomic mass is 10.1. The normalized spacial score (nSPS) is 10.0. The molecule has 0 saturated carbocycles. The van der Waals surface area contributed by atoms with Gasteiger partial charge in [0.15, 0.2) is 0 Å². The van der Waals surface area contributed by atoms with Crippen LogP contribution in [0.15, 0.2) is 23.1 Å². The second kappa shape index (κ2) is 5.60. The van der Waals surface area contributed by atoms with Crippen molar-refractivity contribution in [2.75, 3.05) is 7.11 Å². The van der Waals surface area contributed by atoms with Crippen LogP contribution in [0.25, 0.3) is 0 Å². The van der Waals surface area contributed by atoms with E-state index in [1.165, 1.54) is 7.11 Å². The van der Waals surface area contributed by atoms with Crippen LogP contribution in [0.4, 0.5) is 0 Å². The van der Waals surface area contributed by atoms with Crippen LogP contribution in [0.2, 0.25) is 0 Å². The van der Waals surface area contributed by atoms with Gasteiger partial charge >= 0.3 is 0 Å². The van der Waals surface area contributed by atoms with E-state index in [0.29, 0.717) is 22.6 Å². The lowest BCUT2D eigenvalue weighted by Crippen LogP contribution is -1.92. The highest BCUT2D eigenvalue weighted by atomic mass is 32.2. The zero-order valence-corrected chi connectivity index (χ0v) is 9.54. The van der Waals surface area contributed by atoms with E-state index in [9.17, 15) is 10.1 Å². The molecule has 0 aliphatic heterocycles. The maximum Gasteiger partial charge on any atom is 0.269 e. The maximum absolute atomic E-state index is 10.4. The van der Waals surface area contributed by atoms with Crippen LogP contribution in [0.3, 0.4) is 0 Å². The fourth-order valence-electron chi connectivity index (χ4n) is 1.32. The zero-order valence-electron chi connectivity index (χ0n) is 8.73. The Bertz CT molecular complexity index is 355. The van der Waals surface area contributed by atoms with Crippen LogP contribution in [0.5, 0.6) is 5.75 Å². The van der Waals surface area contributed by atoms with E-state index in [1.807, 2.05) is 12.1 Å². The quantitative estimate of drug-likeness (QED) is 0.441. The highest BCUT2D eigenvalue weighted by Gasteiger charge is 2.12. The molecule has 0 bridgehead atoms. The van der Waals surface area contributed by atoms with E-state index in [1.54, 1.807) is 6.07 Å². The van der Waals surface area contributed by atoms with Gasteiger partial charge in [0.1, 0.15) is 15.0 Å². The van der Waals surface area contributed by atoms with E-state index in [2.05, 4.69) is 6.92 Å². The minimum Gasteiger partial charge on any atom is -0.495 e. The number of ether oxygens (including phenoxy) is 1. The molecule has 0 radical (unpaired) electrons. The summed E-state index contributed by atoms with van der Waals surface area (Å²) in [6.07, 6.45) is 1.95. The first-order valence-corrected chi connectivity index (χ1v) is 5.44. The highest BCUT2D eigenvalue weighted by Crippen LogP contribution is 2.30. The van der Waals surface area contributed by atoms with Crippen LogP contribution in [-0.2, 0) is 6.42 Å². The molecule has 0 spiro atoms. The molecule has 0 unspecified atom stereocenters. The average molecular weight is 227 g/mol. The summed E-state index contributed by atoms with van der Waals surface area (Å²) in [6, 6.07) is 5.53. The molecular weight excluding hydrogens is 214 g/mol. The molecule has 1 rings (SSSR count). The zero-order chi connectivity index (χ0) is 11.3. The van der Waals surface area contributed by atoms with Crippen molar-refractivity contribution in [2.24, 2.45) is 0 Å². The number of hydrogen-bond donors (Lipinski definition) is 0. The summed E-state index contributed by atoms with van der Waals surface area (Å²) in [6.45, 7) is 2.07. The number of benzene rings is 1. The minimum atomic E-state index is -0.423. The Morgan fingerprint density at radius 3 is 2.80 bits per heavy atom. The maximum atomic E-state index is 10.4. The first kappa shape index (κ1) is 11.8. The molecule has 1 aromatic carbocycles. The number of methoxy groups -OCH3 is 1. The Balaban J connectivity index is 2.96. The molecule has 82 valence electrons. The summed E-state index contributed by atoms with van der Waals surface area (Å²) in [5.41, 5.74) is 1.10. The van der Waals surface area contributed by atoms with Gasteiger partial charge in [-0.15, -0.1) is 0 Å². The minimum absolute atomic E-state index is 0.423. The lowest BCUT2D eigenvalue weighted by Gasteiger charge is -2.05. The molecular formula is C10H13NO3S. The van der Waals surface area contributed by atoms with Gasteiger partial charge in [0.25, 0.3) is 11.9 Å². The average Bonchev–Trinajstić information content (AvgIpc) is 2.18. The molecule has 0 amide bonds. The van der Waals surface area contributed by atoms with Crippen molar-refractivity contribution in [3.63, 3.8) is 0 Å². The number of hydrogen-bond acceptors (Lipinski definition) is 4. The SMILES string of the molecule is CCCc1ccc(OC)c(S[N+](=O)[O-])c1. The van der Waals surface area contributed by atoms with Crippen molar-refractivity contribution in [1.29, 1.82) is 0 Å². The predicted molar refractivity (Wildman–Crippen MR) is 59.8 cm³/mol. The molecule has 0 aliphatic carbocycles. The first-order valence-electron chi connectivity index (χ1n) is 4.66. The molecule has 0 aromatic heterocycles. The Labute approximate surface area is 92.9 Å². The fourth-order valence-corrected chi connectivity index (χ4v) is 1.92. The molecule has 1 aromatic rings. The molecule has 0 fully saturated rings. The van der Waals surface area contributed by atoms with Crippen molar-refractivity contribution in [3.05, 3.63) is 33.9 Å². The Kier molecular flexibility index (Phi) is 4.42. The van der Waals surface area contributed by atoms with E-state index in [4.69, 9.17) is 4.74 Å². The van der Waals surface area contributed by atoms with Gasteiger partial charge in [-0.1, -0.05) is 19.4 Å². The largest absolute Gasteiger partial charge is 0.495 e. The molecule has 0 N–H and O–H groups in total. The van der Waals surface area contributed by atoms with Gasteiger partial charge < -0.3 is 4.74 Å².